The van der Waals surface area contributed by atoms with Crippen LogP contribution in [0.5, 0.6) is 0 Å². The van der Waals surface area contributed by atoms with Crippen molar-refractivity contribution in [1.29, 1.82) is 0 Å². The van der Waals surface area contributed by atoms with E-state index in [0.29, 0.717) is 5.69 Å². The highest BCUT2D eigenvalue weighted by atomic mass is 16.2. The maximum Gasteiger partial charge on any atom is 0.274 e. The zero-order valence-corrected chi connectivity index (χ0v) is 14.2. The van der Waals surface area contributed by atoms with Gasteiger partial charge in [-0.05, 0) is 18.4 Å². The molecule has 4 nitrogen and oxygen atoms in total. The van der Waals surface area contributed by atoms with Crippen LogP contribution in [0, 0.1) is 0 Å². The Kier molecular flexibility index (Phi) is 6.85. The Bertz CT molecular complexity index is 584. The predicted molar refractivity (Wildman–Crippen MR) is 93.5 cm³/mol. The SMILES string of the molecule is CCCCN(CCCC)C(=O)c1cn(Cc2ccccc2)cn1. The van der Waals surface area contributed by atoms with Crippen molar-refractivity contribution in [2.75, 3.05) is 13.1 Å². The molecule has 0 N–H and O–H groups in total. The van der Waals surface area contributed by atoms with Crippen molar-refractivity contribution in [3.8, 4) is 0 Å². The summed E-state index contributed by atoms with van der Waals surface area (Å²) in [6.07, 6.45) is 7.88. The van der Waals surface area contributed by atoms with Crippen molar-refractivity contribution in [1.82, 2.24) is 14.5 Å². The zero-order valence-electron chi connectivity index (χ0n) is 14.2. The van der Waals surface area contributed by atoms with E-state index in [1.165, 1.54) is 5.56 Å². The molecule has 0 aliphatic carbocycles. The van der Waals surface area contributed by atoms with E-state index < -0.39 is 0 Å². The topological polar surface area (TPSA) is 38.1 Å². The van der Waals surface area contributed by atoms with Gasteiger partial charge in [0.25, 0.3) is 5.91 Å². The fourth-order valence-corrected chi connectivity index (χ4v) is 2.53. The number of hydrogen-bond donors (Lipinski definition) is 0. The lowest BCUT2D eigenvalue weighted by atomic mass is 10.2. The molecule has 124 valence electrons. The first-order valence-electron chi connectivity index (χ1n) is 8.59. The Morgan fingerprint density at radius 1 is 1.09 bits per heavy atom. The van der Waals surface area contributed by atoms with E-state index in [1.807, 2.05) is 33.9 Å². The van der Waals surface area contributed by atoms with Crippen molar-refractivity contribution in [2.45, 2.75) is 46.1 Å². The maximum atomic E-state index is 12.7. The number of carbonyl (C=O) groups excluding carboxylic acids is 1. The lowest BCUT2D eigenvalue weighted by Gasteiger charge is -2.21. The van der Waals surface area contributed by atoms with Crippen LogP contribution >= 0.6 is 0 Å². The van der Waals surface area contributed by atoms with Gasteiger partial charge in [-0.25, -0.2) is 4.98 Å². The molecule has 0 fully saturated rings. The first-order chi connectivity index (χ1) is 11.2. The van der Waals surface area contributed by atoms with Crippen molar-refractivity contribution in [3.05, 3.63) is 54.1 Å². The van der Waals surface area contributed by atoms with Crippen LogP contribution in [0.25, 0.3) is 0 Å². The van der Waals surface area contributed by atoms with Crippen molar-refractivity contribution in [2.24, 2.45) is 0 Å². The minimum Gasteiger partial charge on any atom is -0.337 e. The fourth-order valence-electron chi connectivity index (χ4n) is 2.53. The molecule has 1 aromatic heterocycles. The van der Waals surface area contributed by atoms with E-state index in [0.717, 1.165) is 45.3 Å². The number of unbranched alkanes of at least 4 members (excludes halogenated alkanes) is 2. The highest BCUT2D eigenvalue weighted by molar-refractivity contribution is 5.92. The Balaban J connectivity index is 2.02. The van der Waals surface area contributed by atoms with Gasteiger partial charge in [0.05, 0.1) is 6.33 Å². The number of imidazole rings is 1. The van der Waals surface area contributed by atoms with Gasteiger partial charge < -0.3 is 9.47 Å². The lowest BCUT2D eigenvalue weighted by molar-refractivity contribution is 0.0745. The van der Waals surface area contributed by atoms with Crippen molar-refractivity contribution < 1.29 is 4.79 Å². The fraction of sp³-hybridized carbons (Fsp3) is 0.474. The third-order valence-electron chi connectivity index (χ3n) is 3.91. The summed E-state index contributed by atoms with van der Waals surface area (Å²) in [6, 6.07) is 10.2. The first-order valence-corrected chi connectivity index (χ1v) is 8.59. The number of aromatic nitrogens is 2. The second kappa shape index (κ2) is 9.13. The molecule has 2 aromatic rings. The van der Waals surface area contributed by atoms with E-state index in [-0.39, 0.29) is 5.91 Å². The van der Waals surface area contributed by atoms with Gasteiger partial charge in [0.2, 0.25) is 0 Å². The summed E-state index contributed by atoms with van der Waals surface area (Å²) in [5.41, 5.74) is 1.76. The molecule has 0 atom stereocenters. The van der Waals surface area contributed by atoms with Gasteiger partial charge in [0.1, 0.15) is 5.69 Å². The average Bonchev–Trinajstić information content (AvgIpc) is 3.04. The summed E-state index contributed by atoms with van der Waals surface area (Å²) < 4.78 is 1.97. The predicted octanol–water partition coefficient (Wildman–Crippen LogP) is 3.97. The van der Waals surface area contributed by atoms with E-state index in [2.05, 4.69) is 31.0 Å². The number of carbonyl (C=O) groups is 1. The summed E-state index contributed by atoms with van der Waals surface area (Å²) in [6.45, 7) is 6.68. The summed E-state index contributed by atoms with van der Waals surface area (Å²) in [5.74, 6) is 0.0544. The molecule has 0 spiro atoms. The number of amides is 1. The smallest absolute Gasteiger partial charge is 0.274 e. The molecule has 0 aliphatic rings. The van der Waals surface area contributed by atoms with Crippen molar-refractivity contribution >= 4 is 5.91 Å². The Morgan fingerprint density at radius 3 is 2.35 bits per heavy atom. The summed E-state index contributed by atoms with van der Waals surface area (Å²) >= 11 is 0. The van der Waals surface area contributed by atoms with Crippen LogP contribution in [-0.2, 0) is 6.54 Å². The monoisotopic (exact) mass is 313 g/mol. The van der Waals surface area contributed by atoms with E-state index in [9.17, 15) is 4.79 Å². The van der Waals surface area contributed by atoms with E-state index in [4.69, 9.17) is 0 Å². The third-order valence-corrected chi connectivity index (χ3v) is 3.91. The molecule has 0 saturated carbocycles. The zero-order chi connectivity index (χ0) is 16.5. The normalized spacial score (nSPS) is 10.7. The van der Waals surface area contributed by atoms with Gasteiger partial charge in [-0.1, -0.05) is 57.0 Å². The Morgan fingerprint density at radius 2 is 1.74 bits per heavy atom. The molecule has 23 heavy (non-hydrogen) atoms. The lowest BCUT2D eigenvalue weighted by Crippen LogP contribution is -2.33. The van der Waals surface area contributed by atoms with E-state index in [1.54, 1.807) is 6.33 Å². The van der Waals surface area contributed by atoms with Crippen LogP contribution in [0.3, 0.4) is 0 Å². The molecule has 0 saturated heterocycles. The minimum atomic E-state index is 0.0544. The number of benzene rings is 1. The molecule has 1 aromatic carbocycles. The molecule has 2 rings (SSSR count). The van der Waals surface area contributed by atoms with Crippen LogP contribution in [0.15, 0.2) is 42.9 Å². The number of rotatable bonds is 9. The minimum absolute atomic E-state index is 0.0544. The van der Waals surface area contributed by atoms with Gasteiger partial charge in [-0.15, -0.1) is 0 Å². The third kappa shape index (κ3) is 5.23. The maximum absolute atomic E-state index is 12.7. The van der Waals surface area contributed by atoms with Gasteiger partial charge in [-0.3, -0.25) is 4.79 Å². The summed E-state index contributed by atoms with van der Waals surface area (Å²) in [4.78, 5) is 18.9. The first kappa shape index (κ1) is 17.3. The van der Waals surface area contributed by atoms with Crippen LogP contribution in [-0.4, -0.2) is 33.4 Å². The number of hydrogen-bond acceptors (Lipinski definition) is 2. The quantitative estimate of drug-likeness (QED) is 0.702. The Hall–Kier alpha value is -2.10. The molecular weight excluding hydrogens is 286 g/mol. The molecule has 0 aliphatic heterocycles. The highest BCUT2D eigenvalue weighted by Gasteiger charge is 2.17. The molecule has 1 amide bonds. The van der Waals surface area contributed by atoms with Crippen LogP contribution in [0.1, 0.15) is 55.6 Å². The molecule has 0 radical (unpaired) electrons. The second-order valence-corrected chi connectivity index (χ2v) is 5.92. The van der Waals surface area contributed by atoms with Crippen LogP contribution < -0.4 is 0 Å². The molecule has 4 heteroatoms. The molecule has 0 bridgehead atoms. The molecule has 0 unspecified atom stereocenters. The average molecular weight is 313 g/mol. The molecular formula is C19H27N3O. The number of nitrogens with zero attached hydrogens (tertiary/aromatic N) is 3. The second-order valence-electron chi connectivity index (χ2n) is 5.92. The van der Waals surface area contributed by atoms with Gasteiger partial charge >= 0.3 is 0 Å². The van der Waals surface area contributed by atoms with Gasteiger partial charge in [0, 0.05) is 25.8 Å². The van der Waals surface area contributed by atoms with Crippen LogP contribution in [0.4, 0.5) is 0 Å². The van der Waals surface area contributed by atoms with Gasteiger partial charge in [0.15, 0.2) is 0 Å². The van der Waals surface area contributed by atoms with Crippen molar-refractivity contribution in [3.63, 3.8) is 0 Å². The molecule has 1 heterocycles. The largest absolute Gasteiger partial charge is 0.337 e. The Labute approximate surface area is 139 Å². The summed E-state index contributed by atoms with van der Waals surface area (Å²) in [7, 11) is 0. The summed E-state index contributed by atoms with van der Waals surface area (Å²) in [5, 5.41) is 0. The highest BCUT2D eigenvalue weighted by Crippen LogP contribution is 2.08. The van der Waals surface area contributed by atoms with Gasteiger partial charge in [-0.2, -0.15) is 0 Å². The van der Waals surface area contributed by atoms with E-state index >= 15 is 0 Å². The standard InChI is InChI=1S/C19H27N3O/c1-3-5-12-22(13-6-4-2)19(23)18-15-21(16-20-18)14-17-10-8-7-9-11-17/h7-11,15-16H,3-6,12-14H2,1-2H3. The van der Waals surface area contributed by atoms with Crippen LogP contribution in [0.2, 0.25) is 0 Å².